The van der Waals surface area contributed by atoms with Gasteiger partial charge in [-0.1, -0.05) is 45.4 Å². The Balaban J connectivity index is 1.11. The number of allylic oxidation sites excluding steroid dienone is 1. The minimum absolute atomic E-state index is 0.0608. The lowest BCUT2D eigenvalue weighted by Crippen LogP contribution is -2.54. The van der Waals surface area contributed by atoms with Crippen LogP contribution in [0.4, 0.5) is 0 Å². The Labute approximate surface area is 355 Å². The van der Waals surface area contributed by atoms with Crippen molar-refractivity contribution in [1.29, 1.82) is 0 Å². The minimum Gasteiger partial charge on any atom is -0.491 e. The highest BCUT2D eigenvalue weighted by atomic mass is 35.5. The van der Waals surface area contributed by atoms with Gasteiger partial charge in [-0.3, -0.25) is 24.0 Å². The van der Waals surface area contributed by atoms with Gasteiger partial charge in [0, 0.05) is 55.2 Å². The Morgan fingerprint density at radius 2 is 1.88 bits per heavy atom. The maximum atomic E-state index is 14.6. The Bertz CT molecular complexity index is 2240. The number of morpholine rings is 1. The Kier molecular flexibility index (Phi) is 11.9. The van der Waals surface area contributed by atoms with Gasteiger partial charge in [0.1, 0.15) is 39.9 Å². The highest BCUT2D eigenvalue weighted by Crippen LogP contribution is 2.57. The number of aromatic nitrogens is 2. The van der Waals surface area contributed by atoms with Crippen molar-refractivity contribution in [3.63, 3.8) is 0 Å². The summed E-state index contributed by atoms with van der Waals surface area (Å²) < 4.78 is 46.6. The molecular weight excluding hydrogens is 814 g/mol. The van der Waals surface area contributed by atoms with Gasteiger partial charge in [-0.05, 0) is 62.0 Å². The van der Waals surface area contributed by atoms with Crippen molar-refractivity contribution in [3.8, 4) is 22.2 Å². The third-order valence-corrected chi connectivity index (χ3v) is 16.0. The summed E-state index contributed by atoms with van der Waals surface area (Å²) >= 11 is 8.60. The predicted molar refractivity (Wildman–Crippen MR) is 226 cm³/mol. The lowest BCUT2D eigenvalue weighted by atomic mass is 9.84. The number of sulfonamides is 1. The molecule has 2 amide bonds. The number of rotatable bonds is 16. The number of benzene rings is 1. The molecule has 0 bridgehead atoms. The summed E-state index contributed by atoms with van der Waals surface area (Å²) in [6.45, 7) is 16.3. The van der Waals surface area contributed by atoms with Crippen LogP contribution >= 0.6 is 22.9 Å². The topological polar surface area (TPSA) is 157 Å². The molecular formula is C43H54ClN5O8S2. The van der Waals surface area contributed by atoms with Crippen LogP contribution in [-0.4, -0.2) is 109 Å². The van der Waals surface area contributed by atoms with Crippen LogP contribution in [0.1, 0.15) is 84.3 Å². The number of amides is 2. The van der Waals surface area contributed by atoms with Crippen molar-refractivity contribution >= 4 is 61.5 Å². The number of nitrogens with zero attached hydrogens (tertiary/aromatic N) is 4. The first-order valence-corrected chi connectivity index (χ1v) is 23.7. The van der Waals surface area contributed by atoms with E-state index in [0.717, 1.165) is 25.3 Å². The van der Waals surface area contributed by atoms with Crippen LogP contribution in [0.25, 0.3) is 21.6 Å². The second kappa shape index (κ2) is 16.7. The van der Waals surface area contributed by atoms with E-state index in [4.69, 9.17) is 35.8 Å². The number of piperidine rings is 1. The summed E-state index contributed by atoms with van der Waals surface area (Å²) in [5, 5.41) is 3.15. The number of hydrogen-bond acceptors (Lipinski definition) is 12. The molecule has 1 aromatic carbocycles. The van der Waals surface area contributed by atoms with E-state index in [2.05, 4.69) is 30.0 Å². The highest BCUT2D eigenvalue weighted by Gasteiger charge is 2.62. The van der Waals surface area contributed by atoms with Crippen molar-refractivity contribution in [2.24, 2.45) is 23.2 Å². The Morgan fingerprint density at radius 1 is 1.12 bits per heavy atom. The van der Waals surface area contributed by atoms with Crippen LogP contribution in [0.2, 0.25) is 5.02 Å². The van der Waals surface area contributed by atoms with E-state index in [-0.39, 0.29) is 48.2 Å². The van der Waals surface area contributed by atoms with Gasteiger partial charge in [0.15, 0.2) is 5.78 Å². The standard InChI is InChI=1S/C43H54ClN5O8S2/c1-6-26-21-43(26,42(52)47-59(53,54)27-7-8-27)22-34(50)33-20-37(32-11-9-28(24(2)3)41(51)49(32)33)57-36-19-30(40-46-31(23-58-40)25(4)5)45-39-29(36)10-12-35(38(39)44)56-18-15-48-13-16-55-17-14-48/h6,10,12,19,23-28,32-33,37H,1,7-9,11,13-18,20-22H2,2-5H3,(H,47,52)/t26-,28?,32-,33+,37-,43-/m1/s1. The lowest BCUT2D eigenvalue weighted by molar-refractivity contribution is -0.149. The molecule has 5 heterocycles. The van der Waals surface area contributed by atoms with Gasteiger partial charge < -0.3 is 19.1 Å². The normalized spacial score (nSPS) is 27.3. The highest BCUT2D eigenvalue weighted by molar-refractivity contribution is 7.90. The number of Topliss-reactive ketones (excluding diaryl/α,β-unsaturated/α-hetero) is 1. The number of thiazole rings is 1. The number of halogens is 1. The molecule has 3 saturated heterocycles. The second-order valence-electron chi connectivity index (χ2n) is 17.5. The van der Waals surface area contributed by atoms with E-state index in [1.165, 1.54) is 11.3 Å². The average molecular weight is 869 g/mol. The number of ketones is 1. The summed E-state index contributed by atoms with van der Waals surface area (Å²) in [7, 11) is -3.83. The summed E-state index contributed by atoms with van der Waals surface area (Å²) in [6, 6.07) is 4.31. The predicted octanol–water partition coefficient (Wildman–Crippen LogP) is 6.39. The fraction of sp³-hybridized carbons (Fsp3) is 0.605. The third-order valence-electron chi connectivity index (χ3n) is 12.9. The van der Waals surface area contributed by atoms with E-state index in [9.17, 15) is 22.8 Å². The van der Waals surface area contributed by atoms with Gasteiger partial charge in [-0.2, -0.15) is 0 Å². The molecule has 59 heavy (non-hydrogen) atoms. The number of ether oxygens (including phenoxy) is 3. The number of hydrogen-bond donors (Lipinski definition) is 1. The van der Waals surface area contributed by atoms with E-state index in [0.29, 0.717) is 90.1 Å². The van der Waals surface area contributed by atoms with Crippen molar-refractivity contribution < 1.29 is 37.0 Å². The molecule has 6 atom stereocenters. The fourth-order valence-corrected chi connectivity index (χ4v) is 11.6. The molecule has 2 aromatic heterocycles. The van der Waals surface area contributed by atoms with Gasteiger partial charge in [-0.15, -0.1) is 17.9 Å². The molecule has 3 aromatic rings. The number of pyridine rings is 1. The quantitative estimate of drug-likeness (QED) is 0.159. The Hall–Kier alpha value is -3.63. The molecule has 0 radical (unpaired) electrons. The van der Waals surface area contributed by atoms with Gasteiger partial charge >= 0.3 is 0 Å². The molecule has 1 N–H and O–H groups in total. The summed E-state index contributed by atoms with van der Waals surface area (Å²) in [4.78, 5) is 56.4. The summed E-state index contributed by atoms with van der Waals surface area (Å²) in [5.41, 5.74) is 0.782. The van der Waals surface area contributed by atoms with Crippen LogP contribution < -0.4 is 14.2 Å². The van der Waals surface area contributed by atoms with Gasteiger partial charge in [-0.25, -0.2) is 18.4 Å². The molecule has 1 unspecified atom stereocenters. The smallest absolute Gasteiger partial charge is 0.240 e. The number of nitrogens with one attached hydrogen (secondary N) is 1. The van der Waals surface area contributed by atoms with Crippen LogP contribution in [-0.2, 0) is 29.1 Å². The first-order chi connectivity index (χ1) is 28.2. The maximum absolute atomic E-state index is 14.6. The van der Waals surface area contributed by atoms with Crippen LogP contribution in [0.3, 0.4) is 0 Å². The van der Waals surface area contributed by atoms with Crippen LogP contribution in [0.5, 0.6) is 11.5 Å². The second-order valence-corrected chi connectivity index (χ2v) is 20.7. The van der Waals surface area contributed by atoms with Crippen molar-refractivity contribution in [2.75, 3.05) is 39.5 Å². The molecule has 2 aliphatic carbocycles. The van der Waals surface area contributed by atoms with Crippen LogP contribution in [0.15, 0.2) is 36.2 Å². The number of carbonyl (C=O) groups is 3. The molecule has 8 rings (SSSR count). The minimum atomic E-state index is -3.83. The molecule has 0 spiro atoms. The largest absolute Gasteiger partial charge is 0.491 e. The van der Waals surface area contributed by atoms with Gasteiger partial charge in [0.2, 0.25) is 21.8 Å². The molecule has 5 fully saturated rings. The summed E-state index contributed by atoms with van der Waals surface area (Å²) in [6.07, 6.45) is 3.66. The molecule has 5 aliphatic rings. The SMILES string of the molecule is C=C[C@@H]1C[C@]1(CC(=O)[C@@H]1C[C@@H](Oc2cc(-c3nc(C(C)C)cs3)nc3c(Cl)c(OCCN4CCOCC4)ccc23)[C@H]2CCC(C(C)C)C(=O)N21)C(=O)NS(=O)(=O)C1CC1. The average Bonchev–Trinajstić information content (AvgIpc) is 4.10. The van der Waals surface area contributed by atoms with E-state index < -0.39 is 44.8 Å². The molecule has 2 saturated carbocycles. The number of fused-ring (bicyclic) bond motifs is 2. The van der Waals surface area contributed by atoms with E-state index >= 15 is 0 Å². The molecule has 13 nitrogen and oxygen atoms in total. The van der Waals surface area contributed by atoms with E-state index in [1.807, 2.05) is 37.4 Å². The van der Waals surface area contributed by atoms with Crippen molar-refractivity contribution in [1.82, 2.24) is 24.5 Å². The maximum Gasteiger partial charge on any atom is 0.240 e. The zero-order chi connectivity index (χ0) is 41.8. The monoisotopic (exact) mass is 867 g/mol. The molecule has 3 aliphatic heterocycles. The first kappa shape index (κ1) is 42.1. The van der Waals surface area contributed by atoms with Crippen molar-refractivity contribution in [2.45, 2.75) is 102 Å². The fourth-order valence-electron chi connectivity index (χ4n) is 9.02. The third kappa shape index (κ3) is 8.38. The van der Waals surface area contributed by atoms with E-state index in [1.54, 1.807) is 11.0 Å². The van der Waals surface area contributed by atoms with Crippen molar-refractivity contribution in [3.05, 3.63) is 47.0 Å². The Morgan fingerprint density at radius 3 is 2.54 bits per heavy atom. The van der Waals surface area contributed by atoms with Gasteiger partial charge in [0.05, 0.1) is 47.2 Å². The molecule has 16 heteroatoms. The van der Waals surface area contributed by atoms with Crippen LogP contribution in [0, 0.1) is 23.2 Å². The molecule has 318 valence electrons. The first-order valence-electron chi connectivity index (χ1n) is 20.9. The lowest BCUT2D eigenvalue weighted by Gasteiger charge is -2.40. The summed E-state index contributed by atoms with van der Waals surface area (Å²) in [5.74, 6) is -0.398. The number of carbonyl (C=O) groups excluding carboxylic acids is 3. The van der Waals surface area contributed by atoms with Gasteiger partial charge in [0.25, 0.3) is 0 Å². The zero-order valence-corrected chi connectivity index (χ0v) is 36.5. The zero-order valence-electron chi connectivity index (χ0n) is 34.2.